The predicted octanol–water partition coefficient (Wildman–Crippen LogP) is 4.26. The summed E-state index contributed by atoms with van der Waals surface area (Å²) in [6, 6.07) is 9.13. The van der Waals surface area contributed by atoms with Gasteiger partial charge in [-0.15, -0.1) is 0 Å². The summed E-state index contributed by atoms with van der Waals surface area (Å²) < 4.78 is 0. The van der Waals surface area contributed by atoms with Crippen molar-refractivity contribution >= 4 is 5.69 Å². The van der Waals surface area contributed by atoms with Crippen LogP contribution >= 0.6 is 0 Å². The van der Waals surface area contributed by atoms with E-state index in [0.29, 0.717) is 5.41 Å². The summed E-state index contributed by atoms with van der Waals surface area (Å²) in [7, 11) is 0. The molecule has 1 aliphatic carbocycles. The molecule has 2 aliphatic rings. The lowest BCUT2D eigenvalue weighted by Crippen LogP contribution is -2.38. The highest BCUT2D eigenvalue weighted by Crippen LogP contribution is 2.46. The zero-order valence-corrected chi connectivity index (χ0v) is 12.8. The second-order valence-electron chi connectivity index (χ2n) is 6.80. The van der Waals surface area contributed by atoms with Gasteiger partial charge in [0.15, 0.2) is 0 Å². The zero-order chi connectivity index (χ0) is 14.0. The van der Waals surface area contributed by atoms with Crippen LogP contribution in [0.25, 0.3) is 0 Å². The van der Waals surface area contributed by atoms with E-state index in [0.717, 1.165) is 6.42 Å². The Balaban J connectivity index is 1.63. The van der Waals surface area contributed by atoms with Gasteiger partial charge in [-0.2, -0.15) is 0 Å². The van der Waals surface area contributed by atoms with Gasteiger partial charge < -0.3 is 10.6 Å². The number of piperidine rings is 1. The van der Waals surface area contributed by atoms with E-state index in [4.69, 9.17) is 5.73 Å². The van der Waals surface area contributed by atoms with Gasteiger partial charge >= 0.3 is 0 Å². The first-order valence-corrected chi connectivity index (χ1v) is 8.33. The standard InChI is InChI=1S/C18H28N2/c1-2-17(19)15-5-7-16(8-6-15)20-13-11-18(12-14-20)9-3-4-10-18/h5-8,17H,2-4,9-14,19H2,1H3/t17-/m0/s1. The van der Waals surface area contributed by atoms with Gasteiger partial charge in [0.1, 0.15) is 0 Å². The Bertz CT molecular complexity index is 421. The molecule has 20 heavy (non-hydrogen) atoms. The predicted molar refractivity (Wildman–Crippen MR) is 86.0 cm³/mol. The highest BCUT2D eigenvalue weighted by Gasteiger charge is 2.36. The Morgan fingerprint density at radius 2 is 1.65 bits per heavy atom. The fraction of sp³-hybridized carbons (Fsp3) is 0.667. The smallest absolute Gasteiger partial charge is 0.0366 e. The maximum Gasteiger partial charge on any atom is 0.0366 e. The van der Waals surface area contributed by atoms with Crippen molar-refractivity contribution in [3.8, 4) is 0 Å². The van der Waals surface area contributed by atoms with Crippen LogP contribution < -0.4 is 10.6 Å². The first kappa shape index (κ1) is 13.9. The van der Waals surface area contributed by atoms with Crippen LogP contribution in [0.5, 0.6) is 0 Å². The van der Waals surface area contributed by atoms with E-state index in [2.05, 4.69) is 36.1 Å². The van der Waals surface area contributed by atoms with Crippen molar-refractivity contribution < 1.29 is 0 Å². The van der Waals surface area contributed by atoms with Crippen LogP contribution in [-0.4, -0.2) is 13.1 Å². The largest absolute Gasteiger partial charge is 0.371 e. The molecule has 0 unspecified atom stereocenters. The van der Waals surface area contributed by atoms with E-state index in [1.165, 1.54) is 62.9 Å². The highest BCUT2D eigenvalue weighted by atomic mass is 15.1. The molecule has 1 heterocycles. The summed E-state index contributed by atoms with van der Waals surface area (Å²) in [4.78, 5) is 2.56. The average molecular weight is 272 g/mol. The Morgan fingerprint density at radius 1 is 1.05 bits per heavy atom. The maximum atomic E-state index is 6.09. The van der Waals surface area contributed by atoms with Gasteiger partial charge in [-0.1, -0.05) is 31.9 Å². The van der Waals surface area contributed by atoms with Crippen molar-refractivity contribution in [2.45, 2.75) is 57.9 Å². The molecule has 2 nitrogen and oxygen atoms in total. The molecule has 2 heteroatoms. The summed E-state index contributed by atoms with van der Waals surface area (Å²) in [6.45, 7) is 4.61. The van der Waals surface area contributed by atoms with Gasteiger partial charge in [0.2, 0.25) is 0 Å². The number of nitrogens with two attached hydrogens (primary N) is 1. The molecule has 0 amide bonds. The summed E-state index contributed by atoms with van der Waals surface area (Å²) in [6.07, 6.45) is 9.67. The number of anilines is 1. The summed E-state index contributed by atoms with van der Waals surface area (Å²) in [5, 5.41) is 0. The SMILES string of the molecule is CC[C@H](N)c1ccc(N2CCC3(CCCC3)CC2)cc1. The maximum absolute atomic E-state index is 6.09. The third kappa shape index (κ3) is 2.71. The molecule has 110 valence electrons. The molecule has 1 saturated heterocycles. The van der Waals surface area contributed by atoms with Crippen LogP contribution in [0.15, 0.2) is 24.3 Å². The van der Waals surface area contributed by atoms with Crippen LogP contribution in [0.3, 0.4) is 0 Å². The fourth-order valence-corrected chi connectivity index (χ4v) is 4.03. The Hall–Kier alpha value is -1.02. The molecule has 1 saturated carbocycles. The van der Waals surface area contributed by atoms with E-state index >= 15 is 0 Å². The van der Waals surface area contributed by atoms with Gasteiger partial charge in [0.25, 0.3) is 0 Å². The van der Waals surface area contributed by atoms with Crippen molar-refractivity contribution in [2.75, 3.05) is 18.0 Å². The molecule has 3 rings (SSSR count). The van der Waals surface area contributed by atoms with Crippen molar-refractivity contribution in [3.05, 3.63) is 29.8 Å². The van der Waals surface area contributed by atoms with Crippen LogP contribution in [0.2, 0.25) is 0 Å². The lowest BCUT2D eigenvalue weighted by atomic mass is 9.77. The van der Waals surface area contributed by atoms with E-state index < -0.39 is 0 Å². The molecule has 1 aromatic rings. The first-order chi connectivity index (χ1) is 9.72. The molecule has 1 aromatic carbocycles. The summed E-state index contributed by atoms with van der Waals surface area (Å²) in [5.74, 6) is 0. The number of benzene rings is 1. The molecule has 1 aliphatic heterocycles. The van der Waals surface area contributed by atoms with E-state index in [9.17, 15) is 0 Å². The molecule has 0 radical (unpaired) electrons. The van der Waals surface area contributed by atoms with E-state index in [1.807, 2.05) is 0 Å². The third-order valence-electron chi connectivity index (χ3n) is 5.61. The topological polar surface area (TPSA) is 29.3 Å². The van der Waals surface area contributed by atoms with E-state index in [1.54, 1.807) is 0 Å². The minimum absolute atomic E-state index is 0.187. The van der Waals surface area contributed by atoms with Crippen molar-refractivity contribution in [1.82, 2.24) is 0 Å². The molecular weight excluding hydrogens is 244 g/mol. The van der Waals surface area contributed by atoms with Crippen molar-refractivity contribution in [1.29, 1.82) is 0 Å². The molecular formula is C18H28N2. The second kappa shape index (κ2) is 5.77. The normalized spacial score (nSPS) is 23.2. The number of nitrogens with zero attached hydrogens (tertiary/aromatic N) is 1. The van der Waals surface area contributed by atoms with Crippen molar-refractivity contribution in [2.24, 2.45) is 11.1 Å². The number of hydrogen-bond acceptors (Lipinski definition) is 2. The average Bonchev–Trinajstić information content (AvgIpc) is 2.96. The van der Waals surface area contributed by atoms with Crippen LogP contribution in [0.4, 0.5) is 5.69 Å². The third-order valence-corrected chi connectivity index (χ3v) is 5.61. The molecule has 2 fully saturated rings. The van der Waals surface area contributed by atoms with Crippen LogP contribution in [-0.2, 0) is 0 Å². The molecule has 0 aromatic heterocycles. The van der Waals surface area contributed by atoms with Gasteiger partial charge in [0, 0.05) is 24.8 Å². The molecule has 1 spiro atoms. The first-order valence-electron chi connectivity index (χ1n) is 8.33. The summed E-state index contributed by atoms with van der Waals surface area (Å²) >= 11 is 0. The number of hydrogen-bond donors (Lipinski definition) is 1. The van der Waals surface area contributed by atoms with Crippen LogP contribution in [0, 0.1) is 5.41 Å². The van der Waals surface area contributed by atoms with Gasteiger partial charge in [-0.05, 0) is 55.2 Å². The Labute approximate surface area is 123 Å². The monoisotopic (exact) mass is 272 g/mol. The minimum Gasteiger partial charge on any atom is -0.371 e. The van der Waals surface area contributed by atoms with Gasteiger partial charge in [-0.25, -0.2) is 0 Å². The minimum atomic E-state index is 0.187. The summed E-state index contributed by atoms with van der Waals surface area (Å²) in [5.41, 5.74) is 9.44. The highest BCUT2D eigenvalue weighted by molar-refractivity contribution is 5.48. The zero-order valence-electron chi connectivity index (χ0n) is 12.8. The van der Waals surface area contributed by atoms with Crippen LogP contribution in [0.1, 0.15) is 63.5 Å². The lowest BCUT2D eigenvalue weighted by Gasteiger charge is -2.40. The molecule has 2 N–H and O–H groups in total. The number of rotatable bonds is 3. The lowest BCUT2D eigenvalue weighted by molar-refractivity contribution is 0.226. The Kier molecular flexibility index (Phi) is 4.02. The fourth-order valence-electron chi connectivity index (χ4n) is 4.03. The van der Waals surface area contributed by atoms with E-state index in [-0.39, 0.29) is 6.04 Å². The van der Waals surface area contributed by atoms with Gasteiger partial charge in [-0.3, -0.25) is 0 Å². The second-order valence-corrected chi connectivity index (χ2v) is 6.80. The molecule has 1 atom stereocenters. The van der Waals surface area contributed by atoms with Gasteiger partial charge in [0.05, 0.1) is 0 Å². The van der Waals surface area contributed by atoms with Crippen molar-refractivity contribution in [3.63, 3.8) is 0 Å². The molecule has 0 bridgehead atoms. The Morgan fingerprint density at radius 3 is 2.20 bits per heavy atom. The quantitative estimate of drug-likeness (QED) is 0.891.